The molecule has 3 aromatic rings. The summed E-state index contributed by atoms with van der Waals surface area (Å²) in [6.07, 6.45) is 1.63. The molecular weight excluding hydrogens is 498 g/mol. The lowest BCUT2D eigenvalue weighted by atomic mass is 10.2. The zero-order valence-corrected chi connectivity index (χ0v) is 21.1. The molecule has 1 saturated heterocycles. The standard InChI is InChI=1S/C27H25NO8S/c1-3-33-23-14-18(6-10-21(23)35-16-20-9-11-22(36-20)26(30)31)15-24-25(29)28(27(32)37-24)12-13-34-19-7-4-17(2)5-8-19/h4-11,14-15H,3,12-13,16H2,1-2H3,(H,30,31). The third-order valence-electron chi connectivity index (χ3n) is 5.29. The molecule has 2 aromatic carbocycles. The molecule has 0 unspecified atom stereocenters. The molecule has 0 atom stereocenters. The number of furan rings is 1. The fraction of sp³-hybridized carbons (Fsp3) is 0.222. The van der Waals surface area contributed by atoms with Crippen molar-refractivity contribution in [1.29, 1.82) is 0 Å². The van der Waals surface area contributed by atoms with Crippen molar-refractivity contribution in [3.05, 3.63) is 82.1 Å². The van der Waals surface area contributed by atoms with Crippen molar-refractivity contribution in [1.82, 2.24) is 4.90 Å². The molecule has 1 aromatic heterocycles. The van der Waals surface area contributed by atoms with E-state index in [1.807, 2.05) is 38.1 Å². The van der Waals surface area contributed by atoms with Crippen molar-refractivity contribution in [2.45, 2.75) is 20.5 Å². The Morgan fingerprint density at radius 1 is 1.03 bits per heavy atom. The Balaban J connectivity index is 1.40. The summed E-state index contributed by atoms with van der Waals surface area (Å²) < 4.78 is 22.3. The van der Waals surface area contributed by atoms with E-state index in [0.29, 0.717) is 40.1 Å². The number of nitrogens with zero attached hydrogens (tertiary/aromatic N) is 1. The molecule has 1 aliphatic rings. The number of hydrogen-bond donors (Lipinski definition) is 1. The van der Waals surface area contributed by atoms with Gasteiger partial charge in [-0.3, -0.25) is 14.5 Å². The molecule has 37 heavy (non-hydrogen) atoms. The van der Waals surface area contributed by atoms with Crippen LogP contribution >= 0.6 is 11.8 Å². The average Bonchev–Trinajstić information content (AvgIpc) is 3.45. The van der Waals surface area contributed by atoms with E-state index in [-0.39, 0.29) is 36.7 Å². The molecule has 0 radical (unpaired) electrons. The maximum absolute atomic E-state index is 12.8. The molecule has 0 saturated carbocycles. The third-order valence-corrected chi connectivity index (χ3v) is 6.19. The van der Waals surface area contributed by atoms with Crippen molar-refractivity contribution in [3.8, 4) is 17.2 Å². The number of carbonyl (C=O) groups is 3. The largest absolute Gasteiger partial charge is 0.492 e. The number of carboxylic acid groups (broad SMARTS) is 1. The van der Waals surface area contributed by atoms with Gasteiger partial charge in [0.05, 0.1) is 18.1 Å². The van der Waals surface area contributed by atoms with Crippen LogP contribution < -0.4 is 14.2 Å². The summed E-state index contributed by atoms with van der Waals surface area (Å²) in [6, 6.07) is 15.5. The van der Waals surface area contributed by atoms with Crippen LogP contribution in [0.25, 0.3) is 6.08 Å². The fourth-order valence-electron chi connectivity index (χ4n) is 3.45. The van der Waals surface area contributed by atoms with Gasteiger partial charge in [-0.1, -0.05) is 23.8 Å². The molecule has 2 heterocycles. The van der Waals surface area contributed by atoms with Crippen molar-refractivity contribution < 1.29 is 38.1 Å². The lowest BCUT2D eigenvalue weighted by Gasteiger charge is -2.13. The predicted octanol–water partition coefficient (Wildman–Crippen LogP) is 5.38. The first-order valence-corrected chi connectivity index (χ1v) is 12.3. The molecule has 4 rings (SSSR count). The first-order valence-electron chi connectivity index (χ1n) is 11.5. The van der Waals surface area contributed by atoms with E-state index < -0.39 is 5.97 Å². The highest BCUT2D eigenvalue weighted by atomic mass is 32.2. The number of carboxylic acids is 1. The van der Waals surface area contributed by atoms with E-state index in [2.05, 4.69) is 0 Å². The number of rotatable bonds is 11. The SMILES string of the molecule is CCOc1cc(C=C2SC(=O)N(CCOc3ccc(C)cc3)C2=O)ccc1OCc1ccc(C(=O)O)o1. The van der Waals surface area contributed by atoms with Gasteiger partial charge in [0.2, 0.25) is 5.76 Å². The van der Waals surface area contributed by atoms with E-state index in [4.69, 9.17) is 23.7 Å². The highest BCUT2D eigenvalue weighted by molar-refractivity contribution is 8.18. The lowest BCUT2D eigenvalue weighted by molar-refractivity contribution is -0.123. The number of imide groups is 1. The fourth-order valence-corrected chi connectivity index (χ4v) is 4.32. The highest BCUT2D eigenvalue weighted by Gasteiger charge is 2.34. The lowest BCUT2D eigenvalue weighted by Crippen LogP contribution is -2.32. The van der Waals surface area contributed by atoms with Gasteiger partial charge in [-0.15, -0.1) is 0 Å². The Labute approximate surface area is 217 Å². The van der Waals surface area contributed by atoms with Gasteiger partial charge < -0.3 is 23.7 Å². The average molecular weight is 524 g/mol. The van der Waals surface area contributed by atoms with Crippen LogP contribution in [0.1, 0.15) is 34.4 Å². The number of hydrogen-bond acceptors (Lipinski definition) is 8. The van der Waals surface area contributed by atoms with Crippen LogP contribution in [0, 0.1) is 6.92 Å². The molecule has 0 spiro atoms. The van der Waals surface area contributed by atoms with Gasteiger partial charge in [-0.05, 0) is 73.6 Å². The van der Waals surface area contributed by atoms with Crippen molar-refractivity contribution in [3.63, 3.8) is 0 Å². The molecule has 2 amide bonds. The van der Waals surface area contributed by atoms with Gasteiger partial charge in [0.25, 0.3) is 11.1 Å². The van der Waals surface area contributed by atoms with E-state index >= 15 is 0 Å². The van der Waals surface area contributed by atoms with Gasteiger partial charge in [0.1, 0.15) is 24.7 Å². The molecule has 1 N–H and O–H groups in total. The minimum absolute atomic E-state index is 0.0102. The number of thioether (sulfide) groups is 1. The Kier molecular flexibility index (Phi) is 8.19. The summed E-state index contributed by atoms with van der Waals surface area (Å²) in [4.78, 5) is 37.7. The zero-order valence-electron chi connectivity index (χ0n) is 20.3. The molecule has 0 aliphatic carbocycles. The number of aromatic carboxylic acids is 1. The third kappa shape index (κ3) is 6.53. The molecular formula is C27H25NO8S. The molecule has 1 fully saturated rings. The second-order valence-electron chi connectivity index (χ2n) is 7.99. The van der Waals surface area contributed by atoms with Crippen LogP contribution in [0.2, 0.25) is 0 Å². The Morgan fingerprint density at radius 3 is 2.51 bits per heavy atom. The van der Waals surface area contributed by atoms with Gasteiger partial charge in [0.15, 0.2) is 11.5 Å². The molecule has 9 nitrogen and oxygen atoms in total. The Morgan fingerprint density at radius 2 is 1.81 bits per heavy atom. The maximum Gasteiger partial charge on any atom is 0.371 e. The number of aryl methyl sites for hydroxylation is 1. The summed E-state index contributed by atoms with van der Waals surface area (Å²) in [7, 11) is 0. The van der Waals surface area contributed by atoms with Crippen LogP contribution in [0.15, 0.2) is 63.9 Å². The zero-order chi connectivity index (χ0) is 26.4. The van der Waals surface area contributed by atoms with Crippen LogP contribution in [-0.2, 0) is 11.4 Å². The molecule has 192 valence electrons. The second-order valence-corrected chi connectivity index (χ2v) is 8.99. The van der Waals surface area contributed by atoms with E-state index in [0.717, 1.165) is 17.3 Å². The Hall–Kier alpha value is -4.18. The minimum Gasteiger partial charge on any atom is -0.492 e. The first-order chi connectivity index (χ1) is 17.8. The van der Waals surface area contributed by atoms with Crippen molar-refractivity contribution in [2.24, 2.45) is 0 Å². The molecule has 0 bridgehead atoms. The quantitative estimate of drug-likeness (QED) is 0.331. The van der Waals surface area contributed by atoms with Gasteiger partial charge in [-0.25, -0.2) is 4.79 Å². The summed E-state index contributed by atoms with van der Waals surface area (Å²) in [5, 5.41) is 8.62. The van der Waals surface area contributed by atoms with Crippen molar-refractivity contribution in [2.75, 3.05) is 19.8 Å². The second kappa shape index (κ2) is 11.7. The number of benzene rings is 2. The molecule has 1 aliphatic heterocycles. The van der Waals surface area contributed by atoms with E-state index in [1.165, 1.54) is 17.0 Å². The predicted molar refractivity (Wildman–Crippen MR) is 137 cm³/mol. The van der Waals surface area contributed by atoms with Crippen LogP contribution in [0.5, 0.6) is 17.2 Å². The van der Waals surface area contributed by atoms with Gasteiger partial charge in [0, 0.05) is 0 Å². The summed E-state index contributed by atoms with van der Waals surface area (Å²) in [5.74, 6) is 0.175. The first kappa shape index (κ1) is 25.9. The monoisotopic (exact) mass is 523 g/mol. The normalized spacial score (nSPS) is 14.3. The molecule has 10 heteroatoms. The summed E-state index contributed by atoms with van der Waals surface area (Å²) >= 11 is 0.871. The highest BCUT2D eigenvalue weighted by Crippen LogP contribution is 2.35. The maximum atomic E-state index is 12.8. The van der Waals surface area contributed by atoms with Crippen molar-refractivity contribution >= 4 is 35.0 Å². The van der Waals surface area contributed by atoms with Gasteiger partial charge in [-0.2, -0.15) is 0 Å². The van der Waals surface area contributed by atoms with Crippen LogP contribution in [0.3, 0.4) is 0 Å². The summed E-state index contributed by atoms with van der Waals surface area (Å²) in [5.41, 5.74) is 1.77. The van der Waals surface area contributed by atoms with E-state index in [1.54, 1.807) is 24.3 Å². The Bertz CT molecular complexity index is 1330. The summed E-state index contributed by atoms with van der Waals surface area (Å²) in [6.45, 7) is 4.53. The topological polar surface area (TPSA) is 116 Å². The van der Waals surface area contributed by atoms with Crippen LogP contribution in [-0.4, -0.2) is 46.9 Å². The van der Waals surface area contributed by atoms with Gasteiger partial charge >= 0.3 is 5.97 Å². The number of carbonyl (C=O) groups excluding carboxylic acids is 2. The van der Waals surface area contributed by atoms with E-state index in [9.17, 15) is 14.4 Å². The number of amides is 2. The smallest absolute Gasteiger partial charge is 0.371 e. The minimum atomic E-state index is -1.16. The number of ether oxygens (including phenoxy) is 3. The van der Waals surface area contributed by atoms with Crippen LogP contribution in [0.4, 0.5) is 4.79 Å².